The maximum absolute atomic E-state index is 13.9. The van der Waals surface area contributed by atoms with Crippen LogP contribution in [0.25, 0.3) is 0 Å². The molecule has 9 nitrogen and oxygen atoms in total. The third kappa shape index (κ3) is 7.58. The van der Waals surface area contributed by atoms with Gasteiger partial charge in [0, 0.05) is 56.8 Å². The molecule has 2 amide bonds. The van der Waals surface area contributed by atoms with Gasteiger partial charge in [-0.3, -0.25) is 19.2 Å². The van der Waals surface area contributed by atoms with Crippen molar-refractivity contribution in [2.75, 3.05) is 42.9 Å². The fraction of sp³-hybridized carbons (Fsp3) is 0.425. The minimum absolute atomic E-state index is 0.0537. The van der Waals surface area contributed by atoms with Crippen molar-refractivity contribution in [3.8, 4) is 0 Å². The third-order valence-corrected chi connectivity index (χ3v) is 10.7. The van der Waals surface area contributed by atoms with Gasteiger partial charge in [-0.2, -0.15) is 5.10 Å². The molecule has 2 saturated heterocycles. The summed E-state index contributed by atoms with van der Waals surface area (Å²) in [6.45, 7) is 8.46. The van der Waals surface area contributed by atoms with Crippen LogP contribution in [-0.2, 0) is 31.4 Å². The number of anilines is 3. The predicted octanol–water partition coefficient (Wildman–Crippen LogP) is 6.06. The number of amides is 2. The van der Waals surface area contributed by atoms with Crippen LogP contribution >= 0.6 is 0 Å². The minimum Gasteiger partial charge on any atom is -0.343 e. The lowest BCUT2D eigenvalue weighted by Gasteiger charge is -2.39. The molecule has 3 aromatic carbocycles. The summed E-state index contributed by atoms with van der Waals surface area (Å²) in [6, 6.07) is 25.3. The molecule has 4 heterocycles. The van der Waals surface area contributed by atoms with E-state index in [9.17, 15) is 9.59 Å². The van der Waals surface area contributed by atoms with E-state index in [0.29, 0.717) is 36.9 Å². The molecule has 256 valence electrons. The molecular weight excluding hydrogens is 610 g/mol. The zero-order chi connectivity index (χ0) is 33.7. The monoisotopic (exact) mass is 659 g/mol. The smallest absolute Gasteiger partial charge is 0.258 e. The summed E-state index contributed by atoms with van der Waals surface area (Å²) in [4.78, 5) is 33.9. The van der Waals surface area contributed by atoms with Crippen molar-refractivity contribution in [2.45, 2.75) is 64.6 Å². The first-order valence-electron chi connectivity index (χ1n) is 18.0. The first kappa shape index (κ1) is 33.0. The number of nitrogens with one attached hydrogen (secondary N) is 2. The molecule has 7 rings (SSSR count). The molecule has 2 N–H and O–H groups in total. The second-order valence-corrected chi connectivity index (χ2v) is 14.0. The Morgan fingerprint density at radius 2 is 1.69 bits per heavy atom. The van der Waals surface area contributed by atoms with E-state index < -0.39 is 0 Å². The molecule has 0 radical (unpaired) electrons. The molecule has 0 atom stereocenters. The van der Waals surface area contributed by atoms with Crippen molar-refractivity contribution in [1.82, 2.24) is 24.9 Å². The third-order valence-electron chi connectivity index (χ3n) is 10.7. The van der Waals surface area contributed by atoms with E-state index in [2.05, 4.69) is 55.9 Å². The van der Waals surface area contributed by atoms with Crippen LogP contribution in [0.15, 0.2) is 79.0 Å². The number of benzene rings is 3. The summed E-state index contributed by atoms with van der Waals surface area (Å²) in [5.41, 5.74) is 6.87. The molecule has 0 bridgehead atoms. The number of carbonyl (C=O) groups excluding carboxylic acids is 2. The fourth-order valence-electron chi connectivity index (χ4n) is 7.83. The number of aromatic nitrogens is 2. The van der Waals surface area contributed by atoms with E-state index in [0.717, 1.165) is 86.0 Å². The highest BCUT2D eigenvalue weighted by molar-refractivity contribution is 6.08. The van der Waals surface area contributed by atoms with E-state index in [-0.39, 0.29) is 11.8 Å². The Hall–Kier alpha value is -4.47. The van der Waals surface area contributed by atoms with Gasteiger partial charge in [0.15, 0.2) is 0 Å². The number of likely N-dealkylation sites (tertiary alicyclic amines) is 1. The van der Waals surface area contributed by atoms with E-state index in [4.69, 9.17) is 0 Å². The molecule has 0 aliphatic carbocycles. The molecule has 9 heteroatoms. The fourth-order valence-corrected chi connectivity index (χ4v) is 7.83. The van der Waals surface area contributed by atoms with Crippen molar-refractivity contribution in [2.24, 2.45) is 13.0 Å². The topological polar surface area (TPSA) is 85.7 Å². The van der Waals surface area contributed by atoms with Crippen molar-refractivity contribution >= 4 is 29.0 Å². The Balaban J connectivity index is 0.937. The summed E-state index contributed by atoms with van der Waals surface area (Å²) in [7, 11) is 1.90. The molecule has 4 aromatic rings. The second kappa shape index (κ2) is 15.0. The highest BCUT2D eigenvalue weighted by atomic mass is 16.2. The zero-order valence-corrected chi connectivity index (χ0v) is 28.9. The van der Waals surface area contributed by atoms with Crippen LogP contribution in [0.3, 0.4) is 0 Å². The standard InChI is InChI=1S/C40H49N7O2/c1-29-24-33(40(49)47-28-34-25-42-44(2)39(34)43-36-10-6-7-11-37(36)47)13-12-32(29)14-15-38(48)45-22-18-31(19-23-45)27-46(35-16-20-41-21-17-35)26-30-8-4-3-5-9-30/h3-13,24-25,31,35,41,43H,14-23,26-28H2,1-2H3. The summed E-state index contributed by atoms with van der Waals surface area (Å²) in [5, 5.41) is 11.4. The van der Waals surface area contributed by atoms with Crippen molar-refractivity contribution < 1.29 is 9.59 Å². The van der Waals surface area contributed by atoms with E-state index >= 15 is 0 Å². The van der Waals surface area contributed by atoms with E-state index in [1.165, 1.54) is 18.4 Å². The highest BCUT2D eigenvalue weighted by Crippen LogP contribution is 2.36. The summed E-state index contributed by atoms with van der Waals surface area (Å²) in [5.74, 6) is 1.69. The largest absolute Gasteiger partial charge is 0.343 e. The van der Waals surface area contributed by atoms with Crippen LogP contribution < -0.4 is 15.5 Å². The lowest BCUT2D eigenvalue weighted by molar-refractivity contribution is -0.132. The Morgan fingerprint density at radius 3 is 2.47 bits per heavy atom. The van der Waals surface area contributed by atoms with Crippen LogP contribution in [0.4, 0.5) is 17.2 Å². The van der Waals surface area contributed by atoms with Gasteiger partial charge in [0.05, 0.1) is 24.1 Å². The number of nitrogens with zero attached hydrogens (tertiary/aromatic N) is 5. The Labute approximate surface area is 290 Å². The molecule has 2 fully saturated rings. The van der Waals surface area contributed by atoms with Gasteiger partial charge in [0.25, 0.3) is 5.91 Å². The van der Waals surface area contributed by atoms with Gasteiger partial charge >= 0.3 is 0 Å². The van der Waals surface area contributed by atoms with Crippen molar-refractivity contribution in [1.29, 1.82) is 0 Å². The first-order chi connectivity index (χ1) is 23.9. The van der Waals surface area contributed by atoms with Gasteiger partial charge in [0.2, 0.25) is 5.91 Å². The average Bonchev–Trinajstić information content (AvgIpc) is 3.38. The lowest BCUT2D eigenvalue weighted by atomic mass is 9.93. The minimum atomic E-state index is -0.0537. The molecular formula is C40H49N7O2. The Kier molecular flexibility index (Phi) is 10.1. The molecule has 3 aliphatic heterocycles. The number of hydrogen-bond donors (Lipinski definition) is 2. The number of para-hydroxylation sites is 2. The zero-order valence-electron chi connectivity index (χ0n) is 28.9. The van der Waals surface area contributed by atoms with Crippen LogP contribution in [0.1, 0.15) is 64.7 Å². The van der Waals surface area contributed by atoms with E-state index in [1.54, 1.807) is 4.68 Å². The molecule has 0 unspecified atom stereocenters. The predicted molar refractivity (Wildman–Crippen MR) is 195 cm³/mol. The molecule has 49 heavy (non-hydrogen) atoms. The van der Waals surface area contributed by atoms with Gasteiger partial charge in [-0.25, -0.2) is 0 Å². The van der Waals surface area contributed by atoms with Crippen molar-refractivity contribution in [3.63, 3.8) is 0 Å². The molecule has 0 saturated carbocycles. The normalized spacial score (nSPS) is 17.0. The summed E-state index contributed by atoms with van der Waals surface area (Å²) >= 11 is 0. The number of carbonyl (C=O) groups is 2. The first-order valence-corrected chi connectivity index (χ1v) is 18.0. The number of fused-ring (bicyclic) bond motifs is 2. The molecule has 1 aromatic heterocycles. The van der Waals surface area contributed by atoms with E-state index in [1.807, 2.05) is 67.5 Å². The van der Waals surface area contributed by atoms with Gasteiger partial charge in [-0.15, -0.1) is 0 Å². The second-order valence-electron chi connectivity index (χ2n) is 14.0. The lowest BCUT2D eigenvalue weighted by Crippen LogP contribution is -2.47. The van der Waals surface area contributed by atoms with Crippen molar-refractivity contribution in [3.05, 3.63) is 107 Å². The summed E-state index contributed by atoms with van der Waals surface area (Å²) < 4.78 is 1.81. The maximum Gasteiger partial charge on any atom is 0.258 e. The highest BCUT2D eigenvalue weighted by Gasteiger charge is 2.29. The average molecular weight is 660 g/mol. The molecule has 3 aliphatic rings. The van der Waals surface area contributed by atoms with Crippen LogP contribution in [0.5, 0.6) is 0 Å². The van der Waals surface area contributed by atoms with Gasteiger partial charge in [0.1, 0.15) is 5.82 Å². The van der Waals surface area contributed by atoms with Gasteiger partial charge < -0.3 is 20.4 Å². The summed E-state index contributed by atoms with van der Waals surface area (Å²) in [6.07, 6.45) is 7.51. The SMILES string of the molecule is Cc1cc(C(=O)N2Cc3cnn(C)c3Nc3ccccc32)ccc1CCC(=O)N1CCC(CN(Cc2ccccc2)C2CCNCC2)CC1. The van der Waals surface area contributed by atoms with Crippen LogP contribution in [0.2, 0.25) is 0 Å². The Morgan fingerprint density at radius 1 is 0.939 bits per heavy atom. The maximum atomic E-state index is 13.9. The van der Waals surface area contributed by atoms with Crippen LogP contribution in [0, 0.1) is 12.8 Å². The number of hydrogen-bond acceptors (Lipinski definition) is 6. The number of aryl methyl sites for hydroxylation is 3. The Bertz CT molecular complexity index is 1760. The number of piperidine rings is 2. The van der Waals surface area contributed by atoms with Gasteiger partial charge in [-0.1, -0.05) is 48.5 Å². The van der Waals surface area contributed by atoms with Gasteiger partial charge in [-0.05, 0) is 99.0 Å². The number of rotatable bonds is 9. The quantitative estimate of drug-likeness (QED) is 0.227. The molecule has 0 spiro atoms. The van der Waals surface area contributed by atoms with Crippen LogP contribution in [-0.4, -0.2) is 70.2 Å².